The standard InChI is InChI=1S/C9H9ClF3NO/c10-7-3-1-6(2-4-7)8(15,5-14)9(11,12)13/h1-4,15H,5,14H2/t8-/m1/s1. The van der Waals surface area contributed by atoms with Crippen LogP contribution in [-0.2, 0) is 5.60 Å². The molecule has 0 aliphatic heterocycles. The summed E-state index contributed by atoms with van der Waals surface area (Å²) in [6.07, 6.45) is -4.81. The largest absolute Gasteiger partial charge is 0.422 e. The molecule has 0 unspecified atom stereocenters. The highest BCUT2D eigenvalue weighted by Crippen LogP contribution is 2.38. The minimum Gasteiger partial charge on any atom is -0.375 e. The Labute approximate surface area is 89.5 Å². The van der Waals surface area contributed by atoms with Crippen molar-refractivity contribution in [2.24, 2.45) is 5.73 Å². The highest BCUT2D eigenvalue weighted by atomic mass is 35.5. The first-order chi connectivity index (χ1) is 6.81. The Kier molecular flexibility index (Phi) is 3.28. The summed E-state index contributed by atoms with van der Waals surface area (Å²) in [5, 5.41) is 9.72. The molecule has 2 nitrogen and oxygen atoms in total. The van der Waals surface area contributed by atoms with Crippen LogP contribution in [0, 0.1) is 0 Å². The van der Waals surface area contributed by atoms with Gasteiger partial charge >= 0.3 is 6.18 Å². The zero-order chi connectivity index (χ0) is 11.7. The minimum atomic E-state index is -4.81. The van der Waals surface area contributed by atoms with Crippen LogP contribution in [0.15, 0.2) is 24.3 Å². The average molecular weight is 240 g/mol. The van der Waals surface area contributed by atoms with E-state index in [1.54, 1.807) is 0 Å². The Hall–Kier alpha value is -0.780. The lowest BCUT2D eigenvalue weighted by atomic mass is 9.93. The molecule has 0 amide bonds. The quantitative estimate of drug-likeness (QED) is 0.830. The maximum Gasteiger partial charge on any atom is 0.422 e. The fourth-order valence-electron chi connectivity index (χ4n) is 1.12. The van der Waals surface area contributed by atoms with Crippen LogP contribution in [0.4, 0.5) is 13.2 Å². The fourth-order valence-corrected chi connectivity index (χ4v) is 1.25. The van der Waals surface area contributed by atoms with Gasteiger partial charge in [0.2, 0.25) is 0 Å². The topological polar surface area (TPSA) is 46.2 Å². The van der Waals surface area contributed by atoms with Crippen LogP contribution in [0.1, 0.15) is 5.56 Å². The number of hydrogen-bond donors (Lipinski definition) is 2. The van der Waals surface area contributed by atoms with E-state index in [4.69, 9.17) is 17.3 Å². The summed E-state index contributed by atoms with van der Waals surface area (Å²) in [4.78, 5) is 0. The Balaban J connectivity index is 3.18. The number of hydrogen-bond acceptors (Lipinski definition) is 2. The first kappa shape index (κ1) is 12.3. The summed E-state index contributed by atoms with van der Waals surface area (Å²) in [6.45, 7) is -0.932. The molecule has 0 spiro atoms. The van der Waals surface area contributed by atoms with Gasteiger partial charge in [0.1, 0.15) is 0 Å². The second-order valence-electron chi connectivity index (χ2n) is 3.07. The normalized spacial score (nSPS) is 16.1. The van der Waals surface area contributed by atoms with E-state index in [-0.39, 0.29) is 5.56 Å². The van der Waals surface area contributed by atoms with Crippen molar-refractivity contribution in [3.8, 4) is 0 Å². The number of nitrogens with two attached hydrogens (primary N) is 1. The van der Waals surface area contributed by atoms with Crippen LogP contribution in [-0.4, -0.2) is 17.8 Å². The van der Waals surface area contributed by atoms with Crippen molar-refractivity contribution in [2.75, 3.05) is 6.54 Å². The van der Waals surface area contributed by atoms with Crippen molar-refractivity contribution in [3.63, 3.8) is 0 Å². The molecule has 1 atom stereocenters. The molecule has 0 fully saturated rings. The lowest BCUT2D eigenvalue weighted by Gasteiger charge is -2.29. The van der Waals surface area contributed by atoms with Crippen molar-refractivity contribution < 1.29 is 18.3 Å². The van der Waals surface area contributed by atoms with E-state index in [0.717, 1.165) is 12.1 Å². The van der Waals surface area contributed by atoms with Gasteiger partial charge in [0, 0.05) is 11.6 Å². The number of benzene rings is 1. The van der Waals surface area contributed by atoms with E-state index in [9.17, 15) is 18.3 Å². The molecule has 1 aromatic rings. The SMILES string of the molecule is NC[C@@](O)(c1ccc(Cl)cc1)C(F)(F)F. The van der Waals surface area contributed by atoms with Crippen LogP contribution in [0.5, 0.6) is 0 Å². The zero-order valence-electron chi connectivity index (χ0n) is 7.55. The fraction of sp³-hybridized carbons (Fsp3) is 0.333. The summed E-state index contributed by atoms with van der Waals surface area (Å²) >= 11 is 5.53. The summed E-state index contributed by atoms with van der Waals surface area (Å²) < 4.78 is 37.6. The number of halogens is 4. The molecule has 84 valence electrons. The predicted molar refractivity (Wildman–Crippen MR) is 50.5 cm³/mol. The Bertz CT molecular complexity index is 338. The summed E-state index contributed by atoms with van der Waals surface area (Å²) in [5.41, 5.74) is 1.63. The highest BCUT2D eigenvalue weighted by Gasteiger charge is 2.53. The predicted octanol–water partition coefficient (Wildman–Crippen LogP) is 2.05. The number of rotatable bonds is 2. The van der Waals surface area contributed by atoms with Gasteiger partial charge in [0.25, 0.3) is 0 Å². The van der Waals surface area contributed by atoms with E-state index in [0.29, 0.717) is 5.02 Å². The molecule has 6 heteroatoms. The van der Waals surface area contributed by atoms with Gasteiger partial charge in [-0.2, -0.15) is 13.2 Å². The van der Waals surface area contributed by atoms with Crippen molar-refractivity contribution >= 4 is 11.6 Å². The van der Waals surface area contributed by atoms with Gasteiger partial charge < -0.3 is 10.8 Å². The maximum atomic E-state index is 12.5. The second-order valence-corrected chi connectivity index (χ2v) is 3.51. The van der Waals surface area contributed by atoms with E-state index >= 15 is 0 Å². The molecule has 1 aromatic carbocycles. The molecule has 0 bridgehead atoms. The maximum absolute atomic E-state index is 12.5. The Morgan fingerprint density at radius 3 is 2.00 bits per heavy atom. The third-order valence-corrected chi connectivity index (χ3v) is 2.34. The monoisotopic (exact) mass is 239 g/mol. The number of aliphatic hydroxyl groups is 1. The average Bonchev–Trinajstić information content (AvgIpc) is 2.16. The van der Waals surface area contributed by atoms with Gasteiger partial charge in [-0.05, 0) is 17.7 Å². The molecule has 0 radical (unpaired) electrons. The van der Waals surface area contributed by atoms with Crippen LogP contribution in [0.2, 0.25) is 5.02 Å². The van der Waals surface area contributed by atoms with Gasteiger partial charge in [0.05, 0.1) is 0 Å². The van der Waals surface area contributed by atoms with Crippen LogP contribution in [0.25, 0.3) is 0 Å². The van der Waals surface area contributed by atoms with E-state index in [2.05, 4.69) is 0 Å². The van der Waals surface area contributed by atoms with Crippen LogP contribution in [0.3, 0.4) is 0 Å². The van der Waals surface area contributed by atoms with E-state index in [1.165, 1.54) is 12.1 Å². The molecule has 1 rings (SSSR count). The molecular formula is C9H9ClF3NO. The third-order valence-electron chi connectivity index (χ3n) is 2.09. The Morgan fingerprint density at radius 2 is 1.67 bits per heavy atom. The molecule has 0 aliphatic rings. The van der Waals surface area contributed by atoms with Crippen molar-refractivity contribution in [3.05, 3.63) is 34.9 Å². The molecule has 0 heterocycles. The molecule has 0 aliphatic carbocycles. The number of alkyl halides is 3. The van der Waals surface area contributed by atoms with Crippen LogP contribution < -0.4 is 5.73 Å². The summed E-state index contributed by atoms with van der Waals surface area (Å²) in [6, 6.07) is 4.73. The first-order valence-corrected chi connectivity index (χ1v) is 4.44. The second kappa shape index (κ2) is 4.00. The molecule has 3 N–H and O–H groups in total. The molecule has 0 saturated carbocycles. The van der Waals surface area contributed by atoms with Crippen molar-refractivity contribution in [2.45, 2.75) is 11.8 Å². The van der Waals surface area contributed by atoms with E-state index < -0.39 is 18.3 Å². The minimum absolute atomic E-state index is 0.292. The summed E-state index contributed by atoms with van der Waals surface area (Å²) in [5.74, 6) is 0. The van der Waals surface area contributed by atoms with Gasteiger partial charge in [0.15, 0.2) is 5.60 Å². The third kappa shape index (κ3) is 2.25. The van der Waals surface area contributed by atoms with Crippen molar-refractivity contribution in [1.29, 1.82) is 0 Å². The van der Waals surface area contributed by atoms with E-state index in [1.807, 2.05) is 0 Å². The van der Waals surface area contributed by atoms with Gasteiger partial charge in [-0.1, -0.05) is 23.7 Å². The van der Waals surface area contributed by atoms with Crippen LogP contribution >= 0.6 is 11.6 Å². The molecule has 0 saturated heterocycles. The highest BCUT2D eigenvalue weighted by molar-refractivity contribution is 6.30. The zero-order valence-corrected chi connectivity index (χ0v) is 8.31. The molecule has 15 heavy (non-hydrogen) atoms. The molecular weight excluding hydrogens is 231 g/mol. The molecule has 0 aromatic heterocycles. The van der Waals surface area contributed by atoms with Gasteiger partial charge in [-0.15, -0.1) is 0 Å². The van der Waals surface area contributed by atoms with Gasteiger partial charge in [-0.3, -0.25) is 0 Å². The smallest absolute Gasteiger partial charge is 0.375 e. The van der Waals surface area contributed by atoms with Gasteiger partial charge in [-0.25, -0.2) is 0 Å². The Morgan fingerprint density at radius 1 is 1.20 bits per heavy atom. The lowest BCUT2D eigenvalue weighted by Crippen LogP contribution is -2.48. The first-order valence-electron chi connectivity index (χ1n) is 4.06. The van der Waals surface area contributed by atoms with Crippen molar-refractivity contribution in [1.82, 2.24) is 0 Å². The lowest BCUT2D eigenvalue weighted by molar-refractivity contribution is -0.262. The summed E-state index contributed by atoms with van der Waals surface area (Å²) in [7, 11) is 0.